The number of amides is 1. The Balaban J connectivity index is 4.87. The summed E-state index contributed by atoms with van der Waals surface area (Å²) >= 11 is 0. The van der Waals surface area contributed by atoms with Gasteiger partial charge in [0.05, 0.1) is 8.07 Å². The summed E-state index contributed by atoms with van der Waals surface area (Å²) in [4.78, 5) is 13.6. The minimum Gasteiger partial charge on any atom is -0.349 e. The van der Waals surface area contributed by atoms with E-state index in [1.165, 1.54) is 0 Å². The number of allylic oxidation sites excluding steroid dienone is 2. The molecule has 0 rings (SSSR count). The third kappa shape index (κ3) is 4.20. The van der Waals surface area contributed by atoms with Crippen LogP contribution in [0.1, 0.15) is 13.8 Å². The van der Waals surface area contributed by atoms with Gasteiger partial charge < -0.3 is 4.90 Å². The maximum atomic E-state index is 11.9. The molecule has 3 heteroatoms. The Morgan fingerprint density at radius 1 is 1.27 bits per heavy atom. The van der Waals surface area contributed by atoms with E-state index in [0.717, 1.165) is 0 Å². The molecule has 0 spiro atoms. The van der Waals surface area contributed by atoms with Gasteiger partial charge in [-0.1, -0.05) is 38.7 Å². The van der Waals surface area contributed by atoms with Gasteiger partial charge in [-0.15, -0.1) is 0 Å². The molecule has 0 saturated heterocycles. The molecule has 0 aliphatic heterocycles. The minimum absolute atomic E-state index is 0.0999. The highest BCUT2D eigenvalue weighted by Gasteiger charge is 2.33. The molecule has 15 heavy (non-hydrogen) atoms. The van der Waals surface area contributed by atoms with Gasteiger partial charge in [0, 0.05) is 20.0 Å². The van der Waals surface area contributed by atoms with Crippen LogP contribution in [0.25, 0.3) is 0 Å². The molecule has 0 heterocycles. The summed E-state index contributed by atoms with van der Waals surface area (Å²) in [5.74, 6) is 0.336. The van der Waals surface area contributed by atoms with E-state index in [9.17, 15) is 4.79 Å². The average molecular weight is 227 g/mol. The van der Waals surface area contributed by atoms with Gasteiger partial charge >= 0.3 is 0 Å². The molecule has 0 N–H and O–H groups in total. The molecule has 0 fully saturated rings. The average Bonchev–Trinajstić information content (AvgIpc) is 2.09. The van der Waals surface area contributed by atoms with Gasteiger partial charge in [-0.3, -0.25) is 4.79 Å². The van der Waals surface area contributed by atoms with Gasteiger partial charge in [0.1, 0.15) is 0 Å². The Labute approximate surface area is 95.4 Å². The Bertz CT molecular complexity index is 240. The van der Waals surface area contributed by atoms with Gasteiger partial charge in [-0.25, -0.2) is 0 Å². The molecule has 1 amide bonds. The van der Waals surface area contributed by atoms with Gasteiger partial charge in [0.15, 0.2) is 0 Å². The summed E-state index contributed by atoms with van der Waals surface area (Å²) in [6.07, 6.45) is 4.28. The molecular formula is C12H25NOSi. The Morgan fingerprint density at radius 2 is 1.73 bits per heavy atom. The van der Waals surface area contributed by atoms with Gasteiger partial charge in [0.2, 0.25) is 5.91 Å². The Morgan fingerprint density at radius 3 is 2.00 bits per heavy atom. The van der Waals surface area contributed by atoms with Crippen molar-refractivity contribution in [3.05, 3.63) is 12.2 Å². The second-order valence-corrected chi connectivity index (χ2v) is 10.8. The van der Waals surface area contributed by atoms with E-state index in [1.807, 2.05) is 27.9 Å². The molecule has 0 aromatic rings. The highest BCUT2D eigenvalue weighted by molar-refractivity contribution is 6.78. The molecule has 0 aliphatic rings. The van der Waals surface area contributed by atoms with E-state index in [-0.39, 0.29) is 11.8 Å². The minimum atomic E-state index is -1.31. The van der Waals surface area contributed by atoms with Crippen molar-refractivity contribution in [2.24, 2.45) is 5.92 Å². The third-order valence-corrected chi connectivity index (χ3v) is 5.46. The largest absolute Gasteiger partial charge is 0.349 e. The van der Waals surface area contributed by atoms with E-state index in [4.69, 9.17) is 0 Å². The summed E-state index contributed by atoms with van der Waals surface area (Å²) in [7, 11) is 2.34. The normalized spacial score (nSPS) is 16.5. The zero-order valence-corrected chi connectivity index (χ0v) is 12.2. The van der Waals surface area contributed by atoms with Crippen molar-refractivity contribution in [2.45, 2.75) is 39.0 Å². The first-order valence-corrected chi connectivity index (χ1v) is 9.13. The van der Waals surface area contributed by atoms with Crippen LogP contribution in [0.5, 0.6) is 0 Å². The molecule has 88 valence electrons. The summed E-state index contributed by atoms with van der Waals surface area (Å²) < 4.78 is 0. The second kappa shape index (κ2) is 5.49. The number of nitrogens with zero attached hydrogens (tertiary/aromatic N) is 1. The molecule has 2 unspecified atom stereocenters. The predicted octanol–water partition coefficient (Wildman–Crippen LogP) is 3.00. The Hall–Kier alpha value is -0.573. The number of hydrogen-bond donors (Lipinski definition) is 0. The topological polar surface area (TPSA) is 20.3 Å². The van der Waals surface area contributed by atoms with E-state index in [1.54, 1.807) is 4.90 Å². The smallest absolute Gasteiger partial charge is 0.225 e. The number of carbonyl (C=O) groups excluding carboxylic acids is 1. The van der Waals surface area contributed by atoms with Crippen LogP contribution >= 0.6 is 0 Å². The molecule has 0 aromatic carbocycles. The van der Waals surface area contributed by atoms with Crippen molar-refractivity contribution in [1.29, 1.82) is 0 Å². The number of hydrogen-bond acceptors (Lipinski definition) is 1. The van der Waals surface area contributed by atoms with Crippen molar-refractivity contribution in [3.63, 3.8) is 0 Å². The lowest BCUT2D eigenvalue weighted by Gasteiger charge is -2.32. The fourth-order valence-corrected chi connectivity index (χ4v) is 4.39. The lowest BCUT2D eigenvalue weighted by atomic mass is 10.1. The van der Waals surface area contributed by atoms with Crippen LogP contribution < -0.4 is 0 Å². The Kier molecular flexibility index (Phi) is 5.28. The predicted molar refractivity (Wildman–Crippen MR) is 69.8 cm³/mol. The van der Waals surface area contributed by atoms with Crippen molar-refractivity contribution in [3.8, 4) is 0 Å². The van der Waals surface area contributed by atoms with E-state index < -0.39 is 8.07 Å². The first-order valence-electron chi connectivity index (χ1n) is 5.55. The summed E-state index contributed by atoms with van der Waals surface area (Å²) in [6, 6.07) is 0. The zero-order valence-electron chi connectivity index (χ0n) is 11.2. The molecule has 0 aromatic heterocycles. The molecule has 0 radical (unpaired) electrons. The van der Waals surface area contributed by atoms with Crippen molar-refractivity contribution in [1.82, 2.24) is 4.90 Å². The molecule has 0 saturated carbocycles. The van der Waals surface area contributed by atoms with Crippen LogP contribution in [0.15, 0.2) is 12.2 Å². The quantitative estimate of drug-likeness (QED) is 0.534. The van der Waals surface area contributed by atoms with Crippen LogP contribution in [0, 0.1) is 5.92 Å². The molecule has 0 bridgehead atoms. The fraction of sp³-hybridized carbons (Fsp3) is 0.750. The lowest BCUT2D eigenvalue weighted by Crippen LogP contribution is -2.38. The summed E-state index contributed by atoms with van der Waals surface area (Å²) in [5, 5.41) is 0. The standard InChI is InChI=1S/C12H25NOSi/c1-8-9-11(15(5,6)7)10(2)12(14)13(3)4/h8-11H,1-7H3/b9-8+. The van der Waals surface area contributed by atoms with Crippen LogP contribution in [0.3, 0.4) is 0 Å². The van der Waals surface area contributed by atoms with Crippen LogP contribution in [0.2, 0.25) is 25.2 Å². The summed E-state index contributed by atoms with van der Waals surface area (Å²) in [6.45, 7) is 11.0. The second-order valence-electron chi connectivity index (χ2n) is 5.44. The van der Waals surface area contributed by atoms with E-state index >= 15 is 0 Å². The number of rotatable bonds is 4. The monoisotopic (exact) mass is 227 g/mol. The van der Waals surface area contributed by atoms with E-state index in [0.29, 0.717) is 5.54 Å². The molecule has 2 nitrogen and oxygen atoms in total. The first-order chi connectivity index (χ1) is 6.71. The van der Waals surface area contributed by atoms with Crippen molar-refractivity contribution < 1.29 is 4.79 Å². The molecule has 2 atom stereocenters. The maximum Gasteiger partial charge on any atom is 0.225 e. The maximum absolute atomic E-state index is 11.9. The first kappa shape index (κ1) is 14.4. The van der Waals surface area contributed by atoms with Crippen molar-refractivity contribution in [2.75, 3.05) is 14.1 Å². The third-order valence-electron chi connectivity index (χ3n) is 2.77. The highest BCUT2D eigenvalue weighted by Crippen LogP contribution is 2.32. The zero-order chi connectivity index (χ0) is 12.2. The van der Waals surface area contributed by atoms with E-state index in [2.05, 4.69) is 31.8 Å². The van der Waals surface area contributed by atoms with Crippen LogP contribution in [-0.4, -0.2) is 33.0 Å². The number of carbonyl (C=O) groups is 1. The van der Waals surface area contributed by atoms with Gasteiger partial charge in [0.25, 0.3) is 0 Å². The van der Waals surface area contributed by atoms with Gasteiger partial charge in [-0.2, -0.15) is 0 Å². The highest BCUT2D eigenvalue weighted by atomic mass is 28.3. The SMILES string of the molecule is C/C=C/C(C(C)C(=O)N(C)C)[Si](C)(C)C. The molecule has 0 aliphatic carbocycles. The van der Waals surface area contributed by atoms with Crippen molar-refractivity contribution >= 4 is 14.0 Å². The van der Waals surface area contributed by atoms with Crippen LogP contribution in [-0.2, 0) is 4.79 Å². The molecular weight excluding hydrogens is 202 g/mol. The lowest BCUT2D eigenvalue weighted by molar-refractivity contribution is -0.132. The van der Waals surface area contributed by atoms with Crippen LogP contribution in [0.4, 0.5) is 0 Å². The fourth-order valence-electron chi connectivity index (χ4n) is 1.97. The van der Waals surface area contributed by atoms with Gasteiger partial charge in [-0.05, 0) is 12.5 Å². The summed E-state index contributed by atoms with van der Waals surface area (Å²) in [5.41, 5.74) is 0.428.